The van der Waals surface area contributed by atoms with E-state index in [0.29, 0.717) is 5.56 Å². The Morgan fingerprint density at radius 1 is 1.47 bits per heavy atom. The number of aryl methyl sites for hydroxylation is 1. The number of unbranched alkanes of at least 4 members (excludes halogenated alkanes) is 1. The monoisotopic (exact) mass is 204 g/mol. The van der Waals surface area contributed by atoms with Gasteiger partial charge in [-0.25, -0.2) is 4.79 Å². The standard InChI is InChI=1S/C13H16O2/c1-3-4-5-8-11-9-6-7-10-12(11)13(14)15-2/h3,6-7,9-10H,1,4-5,8H2,2H3. The van der Waals surface area contributed by atoms with Crippen molar-refractivity contribution < 1.29 is 9.53 Å². The van der Waals surface area contributed by atoms with Crippen LogP contribution in [0.3, 0.4) is 0 Å². The molecule has 0 atom stereocenters. The zero-order valence-corrected chi connectivity index (χ0v) is 9.03. The van der Waals surface area contributed by atoms with E-state index in [2.05, 4.69) is 6.58 Å². The summed E-state index contributed by atoms with van der Waals surface area (Å²) >= 11 is 0. The first-order valence-corrected chi connectivity index (χ1v) is 5.06. The van der Waals surface area contributed by atoms with Crippen LogP contribution in [0.2, 0.25) is 0 Å². The maximum atomic E-state index is 11.4. The number of ether oxygens (including phenoxy) is 1. The van der Waals surface area contributed by atoms with Gasteiger partial charge in [0.2, 0.25) is 0 Å². The first-order chi connectivity index (χ1) is 7.29. The minimum absolute atomic E-state index is 0.260. The van der Waals surface area contributed by atoms with Gasteiger partial charge < -0.3 is 4.74 Å². The normalized spacial score (nSPS) is 9.67. The van der Waals surface area contributed by atoms with Gasteiger partial charge in [0.05, 0.1) is 12.7 Å². The zero-order chi connectivity index (χ0) is 11.1. The van der Waals surface area contributed by atoms with Crippen molar-refractivity contribution in [2.75, 3.05) is 7.11 Å². The molecule has 0 saturated carbocycles. The third-order valence-corrected chi connectivity index (χ3v) is 2.28. The minimum Gasteiger partial charge on any atom is -0.465 e. The molecule has 2 nitrogen and oxygen atoms in total. The Morgan fingerprint density at radius 2 is 2.20 bits per heavy atom. The molecule has 80 valence electrons. The fourth-order valence-electron chi connectivity index (χ4n) is 1.48. The van der Waals surface area contributed by atoms with E-state index in [0.717, 1.165) is 24.8 Å². The summed E-state index contributed by atoms with van der Waals surface area (Å²) in [6.45, 7) is 3.67. The SMILES string of the molecule is C=CCCCc1ccccc1C(=O)OC. The molecular formula is C13H16O2. The molecule has 2 heteroatoms. The van der Waals surface area contributed by atoms with Crippen LogP contribution in [0.5, 0.6) is 0 Å². The summed E-state index contributed by atoms with van der Waals surface area (Å²) in [5.74, 6) is -0.260. The molecule has 1 aromatic rings. The van der Waals surface area contributed by atoms with Crippen molar-refractivity contribution in [1.29, 1.82) is 0 Å². The van der Waals surface area contributed by atoms with E-state index in [-0.39, 0.29) is 5.97 Å². The van der Waals surface area contributed by atoms with Gasteiger partial charge in [-0.2, -0.15) is 0 Å². The molecule has 0 amide bonds. The Balaban J connectivity index is 2.76. The summed E-state index contributed by atoms with van der Waals surface area (Å²) < 4.78 is 4.72. The molecule has 0 N–H and O–H groups in total. The Kier molecular flexibility index (Phi) is 4.61. The number of benzene rings is 1. The lowest BCUT2D eigenvalue weighted by molar-refractivity contribution is 0.0599. The van der Waals surface area contributed by atoms with Crippen LogP contribution in [-0.4, -0.2) is 13.1 Å². The second kappa shape index (κ2) is 6.02. The molecule has 1 rings (SSSR count). The van der Waals surface area contributed by atoms with E-state index in [1.54, 1.807) is 6.07 Å². The Hall–Kier alpha value is -1.57. The number of methoxy groups -OCH3 is 1. The van der Waals surface area contributed by atoms with Crippen LogP contribution < -0.4 is 0 Å². The lowest BCUT2D eigenvalue weighted by Crippen LogP contribution is -2.05. The second-order valence-corrected chi connectivity index (χ2v) is 3.33. The molecule has 0 bridgehead atoms. The van der Waals surface area contributed by atoms with E-state index in [1.165, 1.54) is 7.11 Å². The lowest BCUT2D eigenvalue weighted by atomic mass is 10.0. The molecule has 0 aliphatic rings. The highest BCUT2D eigenvalue weighted by Crippen LogP contribution is 2.13. The summed E-state index contributed by atoms with van der Waals surface area (Å²) in [5.41, 5.74) is 1.72. The number of carbonyl (C=O) groups is 1. The third-order valence-electron chi connectivity index (χ3n) is 2.28. The van der Waals surface area contributed by atoms with Gasteiger partial charge in [0.1, 0.15) is 0 Å². The van der Waals surface area contributed by atoms with Gasteiger partial charge in [-0.15, -0.1) is 6.58 Å². The molecule has 0 spiro atoms. The predicted octanol–water partition coefficient (Wildman–Crippen LogP) is 2.98. The topological polar surface area (TPSA) is 26.3 Å². The van der Waals surface area contributed by atoms with Gasteiger partial charge in [0.25, 0.3) is 0 Å². The van der Waals surface area contributed by atoms with Crippen molar-refractivity contribution in [3.63, 3.8) is 0 Å². The number of rotatable bonds is 5. The van der Waals surface area contributed by atoms with Crippen LogP contribution in [0, 0.1) is 0 Å². The van der Waals surface area contributed by atoms with Crippen molar-refractivity contribution >= 4 is 5.97 Å². The predicted molar refractivity (Wildman–Crippen MR) is 60.9 cm³/mol. The van der Waals surface area contributed by atoms with Gasteiger partial charge in [0, 0.05) is 0 Å². The number of esters is 1. The number of allylic oxidation sites excluding steroid dienone is 1. The molecule has 0 saturated heterocycles. The minimum atomic E-state index is -0.260. The van der Waals surface area contributed by atoms with Crippen molar-refractivity contribution in [2.24, 2.45) is 0 Å². The van der Waals surface area contributed by atoms with Gasteiger partial charge >= 0.3 is 5.97 Å². The van der Waals surface area contributed by atoms with Crippen molar-refractivity contribution in [2.45, 2.75) is 19.3 Å². The molecule has 0 aliphatic carbocycles. The maximum absolute atomic E-state index is 11.4. The molecular weight excluding hydrogens is 188 g/mol. The molecule has 0 heterocycles. The first kappa shape index (κ1) is 11.5. The van der Waals surface area contributed by atoms with E-state index < -0.39 is 0 Å². The quantitative estimate of drug-likeness (QED) is 0.418. The van der Waals surface area contributed by atoms with Crippen molar-refractivity contribution in [3.8, 4) is 0 Å². The average Bonchev–Trinajstić information content (AvgIpc) is 2.29. The van der Waals surface area contributed by atoms with E-state index >= 15 is 0 Å². The molecule has 0 aromatic heterocycles. The molecule has 0 unspecified atom stereocenters. The molecule has 0 fully saturated rings. The Labute approximate surface area is 90.6 Å². The Bertz CT molecular complexity index is 342. The van der Waals surface area contributed by atoms with Crippen LogP contribution in [0.25, 0.3) is 0 Å². The van der Waals surface area contributed by atoms with Gasteiger partial charge in [-0.1, -0.05) is 24.3 Å². The fourth-order valence-corrected chi connectivity index (χ4v) is 1.48. The summed E-state index contributed by atoms with van der Waals surface area (Å²) in [6, 6.07) is 7.56. The molecule has 0 aliphatic heterocycles. The average molecular weight is 204 g/mol. The van der Waals surface area contributed by atoms with Crippen LogP contribution in [0.1, 0.15) is 28.8 Å². The zero-order valence-electron chi connectivity index (χ0n) is 9.03. The van der Waals surface area contributed by atoms with Crippen LogP contribution in [0.4, 0.5) is 0 Å². The summed E-state index contributed by atoms with van der Waals surface area (Å²) in [4.78, 5) is 11.4. The fraction of sp³-hybridized carbons (Fsp3) is 0.308. The van der Waals surface area contributed by atoms with E-state index in [1.807, 2.05) is 24.3 Å². The highest BCUT2D eigenvalue weighted by atomic mass is 16.5. The largest absolute Gasteiger partial charge is 0.465 e. The van der Waals surface area contributed by atoms with Crippen LogP contribution in [0.15, 0.2) is 36.9 Å². The summed E-state index contributed by atoms with van der Waals surface area (Å²) in [7, 11) is 1.41. The first-order valence-electron chi connectivity index (χ1n) is 5.06. The number of carbonyl (C=O) groups excluding carboxylic acids is 1. The molecule has 1 aromatic carbocycles. The summed E-state index contributed by atoms with van der Waals surface area (Å²) in [6.07, 6.45) is 4.76. The molecule has 0 radical (unpaired) electrons. The van der Waals surface area contributed by atoms with Gasteiger partial charge in [-0.05, 0) is 30.9 Å². The highest BCUT2D eigenvalue weighted by Gasteiger charge is 2.09. The number of hydrogen-bond donors (Lipinski definition) is 0. The second-order valence-electron chi connectivity index (χ2n) is 3.33. The Morgan fingerprint density at radius 3 is 2.87 bits per heavy atom. The van der Waals surface area contributed by atoms with Crippen molar-refractivity contribution in [3.05, 3.63) is 48.0 Å². The highest BCUT2D eigenvalue weighted by molar-refractivity contribution is 5.90. The third kappa shape index (κ3) is 3.24. The number of hydrogen-bond acceptors (Lipinski definition) is 2. The van der Waals surface area contributed by atoms with Gasteiger partial charge in [-0.3, -0.25) is 0 Å². The molecule has 15 heavy (non-hydrogen) atoms. The van der Waals surface area contributed by atoms with E-state index in [4.69, 9.17) is 4.74 Å². The summed E-state index contributed by atoms with van der Waals surface area (Å²) in [5, 5.41) is 0. The lowest BCUT2D eigenvalue weighted by Gasteiger charge is -2.06. The van der Waals surface area contributed by atoms with Crippen molar-refractivity contribution in [1.82, 2.24) is 0 Å². The smallest absolute Gasteiger partial charge is 0.338 e. The van der Waals surface area contributed by atoms with Crippen LogP contribution >= 0.6 is 0 Å². The van der Waals surface area contributed by atoms with Crippen LogP contribution in [-0.2, 0) is 11.2 Å². The van der Waals surface area contributed by atoms with Gasteiger partial charge in [0.15, 0.2) is 0 Å². The van der Waals surface area contributed by atoms with E-state index in [9.17, 15) is 4.79 Å². The maximum Gasteiger partial charge on any atom is 0.338 e.